The van der Waals surface area contributed by atoms with Gasteiger partial charge in [0.25, 0.3) is 5.91 Å². The van der Waals surface area contributed by atoms with Crippen molar-refractivity contribution in [1.29, 1.82) is 0 Å². The monoisotopic (exact) mass is 195 g/mol. The predicted molar refractivity (Wildman–Crippen MR) is 54.5 cm³/mol. The lowest BCUT2D eigenvalue weighted by atomic mass is 9.99. The lowest BCUT2D eigenvalue weighted by Crippen LogP contribution is -2.43. The van der Waals surface area contributed by atoms with Crippen LogP contribution in [0.5, 0.6) is 0 Å². The Kier molecular flexibility index (Phi) is 4.48. The van der Waals surface area contributed by atoms with Crippen LogP contribution in [0.2, 0.25) is 0 Å². The first-order valence-electron chi connectivity index (χ1n) is 5.13. The first kappa shape index (κ1) is 11.1. The molecule has 0 spiro atoms. The van der Waals surface area contributed by atoms with Gasteiger partial charge < -0.3 is 10.0 Å². The van der Waals surface area contributed by atoms with Crippen LogP contribution >= 0.6 is 0 Å². The lowest BCUT2D eigenvalue weighted by molar-refractivity contribution is -0.128. The van der Waals surface area contributed by atoms with Gasteiger partial charge in [-0.05, 0) is 38.5 Å². The summed E-state index contributed by atoms with van der Waals surface area (Å²) in [5, 5.41) is 8.87. The van der Waals surface area contributed by atoms with E-state index in [1.165, 1.54) is 0 Å². The molecule has 3 nitrogen and oxygen atoms in total. The molecular weight excluding hydrogens is 178 g/mol. The fraction of sp³-hybridized carbons (Fsp3) is 0.727. The van der Waals surface area contributed by atoms with Crippen LogP contribution in [-0.2, 0) is 4.79 Å². The maximum Gasteiger partial charge on any atom is 0.298 e. The summed E-state index contributed by atoms with van der Waals surface area (Å²) >= 11 is 0. The van der Waals surface area contributed by atoms with Gasteiger partial charge >= 0.3 is 0 Å². The van der Waals surface area contributed by atoms with E-state index < -0.39 is 0 Å². The third-order valence-corrected chi connectivity index (χ3v) is 2.58. The Hall–Kier alpha value is -1.01. The highest BCUT2D eigenvalue weighted by Crippen LogP contribution is 2.19. The second kappa shape index (κ2) is 5.66. The van der Waals surface area contributed by atoms with Crippen LogP contribution in [0, 0.1) is 11.8 Å². The highest BCUT2D eigenvalue weighted by molar-refractivity contribution is 5.93. The van der Waals surface area contributed by atoms with Crippen LogP contribution in [0.3, 0.4) is 0 Å². The van der Waals surface area contributed by atoms with Crippen molar-refractivity contribution >= 4 is 5.91 Å². The summed E-state index contributed by atoms with van der Waals surface area (Å²) in [6.45, 7) is 2.61. The van der Waals surface area contributed by atoms with Crippen LogP contribution in [-0.4, -0.2) is 35.1 Å². The maximum atomic E-state index is 11.6. The molecule has 0 saturated carbocycles. The molecule has 3 heteroatoms. The zero-order chi connectivity index (χ0) is 10.4. The number of nitrogens with zero attached hydrogens (tertiary/aromatic N) is 1. The molecule has 0 aromatic rings. The first-order valence-corrected chi connectivity index (χ1v) is 5.13. The summed E-state index contributed by atoms with van der Waals surface area (Å²) in [7, 11) is 0. The Bertz CT molecular complexity index is 250. The van der Waals surface area contributed by atoms with Crippen LogP contribution in [0.15, 0.2) is 0 Å². The minimum absolute atomic E-state index is 0.0920. The van der Waals surface area contributed by atoms with E-state index in [9.17, 15) is 4.79 Å². The minimum atomic E-state index is -0.0920. The van der Waals surface area contributed by atoms with E-state index in [-0.39, 0.29) is 18.6 Å². The zero-order valence-corrected chi connectivity index (χ0v) is 8.62. The summed E-state index contributed by atoms with van der Waals surface area (Å²) in [5.74, 6) is 5.09. The molecule has 1 unspecified atom stereocenters. The molecule has 1 heterocycles. The number of aliphatic hydroxyl groups excluding tert-OH is 1. The number of rotatable bonds is 2. The van der Waals surface area contributed by atoms with Gasteiger partial charge in [-0.25, -0.2) is 0 Å². The normalized spacial score (nSPS) is 21.3. The Labute approximate surface area is 85.1 Å². The number of likely N-dealkylation sites (tertiary alicyclic amines) is 1. The standard InChI is InChI=1S/C11H17NO2/c1-2-5-11(14)12-8-4-3-6-10(12)7-9-13/h10,13H,3-4,6-9H2,1H3. The molecule has 78 valence electrons. The number of hydrogen-bond acceptors (Lipinski definition) is 2. The summed E-state index contributed by atoms with van der Waals surface area (Å²) in [6, 6.07) is 0.196. The van der Waals surface area contributed by atoms with Gasteiger partial charge in [0, 0.05) is 19.2 Å². The van der Waals surface area contributed by atoms with Crippen molar-refractivity contribution in [3.8, 4) is 11.8 Å². The Morgan fingerprint density at radius 1 is 1.57 bits per heavy atom. The molecular formula is C11H17NO2. The topological polar surface area (TPSA) is 40.5 Å². The Balaban J connectivity index is 2.60. The molecule has 1 amide bonds. The van der Waals surface area contributed by atoms with Gasteiger partial charge in [0.1, 0.15) is 0 Å². The molecule has 0 radical (unpaired) electrons. The summed E-state index contributed by atoms with van der Waals surface area (Å²) in [6.07, 6.45) is 3.88. The third kappa shape index (κ3) is 2.74. The van der Waals surface area contributed by atoms with E-state index in [4.69, 9.17) is 5.11 Å². The Morgan fingerprint density at radius 3 is 3.00 bits per heavy atom. The quantitative estimate of drug-likeness (QED) is 0.661. The molecule has 0 aromatic carbocycles. The van der Waals surface area contributed by atoms with E-state index in [2.05, 4.69) is 11.8 Å². The van der Waals surface area contributed by atoms with Crippen molar-refractivity contribution in [2.24, 2.45) is 0 Å². The first-order chi connectivity index (χ1) is 6.79. The van der Waals surface area contributed by atoms with Crippen LogP contribution in [0.1, 0.15) is 32.6 Å². The van der Waals surface area contributed by atoms with Gasteiger partial charge in [-0.15, -0.1) is 0 Å². The smallest absolute Gasteiger partial charge is 0.298 e. The van der Waals surface area contributed by atoms with E-state index in [1.807, 2.05) is 0 Å². The number of amides is 1. The fourth-order valence-electron chi connectivity index (χ4n) is 1.90. The zero-order valence-electron chi connectivity index (χ0n) is 8.62. The summed E-state index contributed by atoms with van der Waals surface area (Å²) < 4.78 is 0. The molecule has 1 saturated heterocycles. The van der Waals surface area contributed by atoms with Gasteiger partial charge in [-0.2, -0.15) is 0 Å². The maximum absolute atomic E-state index is 11.6. The SMILES string of the molecule is CC#CC(=O)N1CCCCC1CCO. The molecule has 1 atom stereocenters. The van der Waals surface area contributed by atoms with E-state index in [0.717, 1.165) is 25.8 Å². The Morgan fingerprint density at radius 2 is 2.36 bits per heavy atom. The molecule has 0 bridgehead atoms. The fourth-order valence-corrected chi connectivity index (χ4v) is 1.90. The molecule has 1 aliphatic heterocycles. The third-order valence-electron chi connectivity index (χ3n) is 2.58. The van der Waals surface area contributed by atoms with Gasteiger partial charge in [-0.1, -0.05) is 5.92 Å². The van der Waals surface area contributed by atoms with Crippen LogP contribution < -0.4 is 0 Å². The second-order valence-electron chi connectivity index (χ2n) is 3.54. The van der Waals surface area contributed by atoms with Gasteiger partial charge in [0.2, 0.25) is 0 Å². The number of piperidine rings is 1. The largest absolute Gasteiger partial charge is 0.396 e. The van der Waals surface area contributed by atoms with Gasteiger partial charge in [0.15, 0.2) is 0 Å². The van der Waals surface area contributed by atoms with E-state index >= 15 is 0 Å². The molecule has 1 fully saturated rings. The predicted octanol–water partition coefficient (Wildman–Crippen LogP) is 0.773. The number of aliphatic hydroxyl groups is 1. The van der Waals surface area contributed by atoms with Crippen molar-refractivity contribution in [2.45, 2.75) is 38.6 Å². The van der Waals surface area contributed by atoms with Crippen LogP contribution in [0.4, 0.5) is 0 Å². The number of carbonyl (C=O) groups is 1. The van der Waals surface area contributed by atoms with Crippen molar-refractivity contribution < 1.29 is 9.90 Å². The van der Waals surface area contributed by atoms with Crippen molar-refractivity contribution in [3.05, 3.63) is 0 Å². The average Bonchev–Trinajstić information content (AvgIpc) is 2.19. The van der Waals surface area contributed by atoms with Gasteiger partial charge in [-0.3, -0.25) is 4.79 Å². The summed E-state index contributed by atoms with van der Waals surface area (Å²) in [4.78, 5) is 13.4. The highest BCUT2D eigenvalue weighted by atomic mass is 16.3. The molecule has 0 aromatic heterocycles. The van der Waals surface area contributed by atoms with Gasteiger partial charge in [0.05, 0.1) is 0 Å². The van der Waals surface area contributed by atoms with Crippen molar-refractivity contribution in [3.63, 3.8) is 0 Å². The lowest BCUT2D eigenvalue weighted by Gasteiger charge is -2.34. The molecule has 1 N–H and O–H groups in total. The summed E-state index contributed by atoms with van der Waals surface area (Å²) in [5.41, 5.74) is 0. The minimum Gasteiger partial charge on any atom is -0.396 e. The van der Waals surface area contributed by atoms with Crippen LogP contribution in [0.25, 0.3) is 0 Å². The number of hydrogen-bond donors (Lipinski definition) is 1. The molecule has 1 rings (SSSR count). The highest BCUT2D eigenvalue weighted by Gasteiger charge is 2.24. The molecule has 1 aliphatic rings. The second-order valence-corrected chi connectivity index (χ2v) is 3.54. The van der Waals surface area contributed by atoms with E-state index in [0.29, 0.717) is 6.42 Å². The van der Waals surface area contributed by atoms with Crippen molar-refractivity contribution in [1.82, 2.24) is 4.90 Å². The molecule has 14 heavy (non-hydrogen) atoms. The number of carbonyl (C=O) groups excluding carboxylic acids is 1. The molecule has 0 aliphatic carbocycles. The van der Waals surface area contributed by atoms with Crippen molar-refractivity contribution in [2.75, 3.05) is 13.2 Å². The average molecular weight is 195 g/mol. The van der Waals surface area contributed by atoms with E-state index in [1.54, 1.807) is 11.8 Å².